The van der Waals surface area contributed by atoms with Crippen molar-refractivity contribution in [2.75, 3.05) is 11.9 Å². The number of anilines is 1. The van der Waals surface area contributed by atoms with Crippen molar-refractivity contribution in [1.29, 1.82) is 0 Å². The molecule has 5 heteroatoms. The van der Waals surface area contributed by atoms with Crippen LogP contribution in [0.15, 0.2) is 11.4 Å². The van der Waals surface area contributed by atoms with Crippen LogP contribution in [0.2, 0.25) is 0 Å². The monoisotopic (exact) mass is 268 g/mol. The molecule has 0 bridgehead atoms. The zero-order chi connectivity index (χ0) is 13.0. The molecule has 1 fully saturated rings. The van der Waals surface area contributed by atoms with Crippen molar-refractivity contribution in [2.45, 2.75) is 38.8 Å². The molecule has 0 aliphatic heterocycles. The summed E-state index contributed by atoms with van der Waals surface area (Å²) in [4.78, 5) is 12.2. The minimum atomic E-state index is -0.103. The van der Waals surface area contributed by atoms with E-state index in [4.69, 9.17) is 0 Å². The van der Waals surface area contributed by atoms with Crippen molar-refractivity contribution >= 4 is 22.9 Å². The Morgan fingerprint density at radius 1 is 1.56 bits per heavy atom. The number of amides is 1. The predicted molar refractivity (Wildman–Crippen MR) is 73.7 cm³/mol. The van der Waals surface area contributed by atoms with Crippen LogP contribution in [0.5, 0.6) is 0 Å². The molecular formula is C13H20N2O2S. The third kappa shape index (κ3) is 3.80. The van der Waals surface area contributed by atoms with Crippen LogP contribution >= 0.6 is 11.3 Å². The summed E-state index contributed by atoms with van der Waals surface area (Å²) in [5.41, 5.74) is 0.909. The SMILES string of the molecule is CC(=O)Nc1ccsc1CNCC1CCC(O)C1. The van der Waals surface area contributed by atoms with E-state index in [0.29, 0.717) is 5.92 Å². The van der Waals surface area contributed by atoms with E-state index in [-0.39, 0.29) is 12.0 Å². The van der Waals surface area contributed by atoms with E-state index < -0.39 is 0 Å². The van der Waals surface area contributed by atoms with E-state index in [1.807, 2.05) is 11.4 Å². The summed E-state index contributed by atoms with van der Waals surface area (Å²) in [6, 6.07) is 1.93. The summed E-state index contributed by atoms with van der Waals surface area (Å²) in [5.74, 6) is 0.553. The van der Waals surface area contributed by atoms with Crippen LogP contribution in [0.4, 0.5) is 5.69 Å². The molecule has 1 saturated carbocycles. The first-order valence-electron chi connectivity index (χ1n) is 6.38. The Labute approximate surface area is 111 Å². The molecule has 1 aliphatic rings. The molecule has 0 spiro atoms. The van der Waals surface area contributed by atoms with E-state index >= 15 is 0 Å². The fraction of sp³-hybridized carbons (Fsp3) is 0.615. The molecule has 1 heterocycles. The Kier molecular flexibility index (Phi) is 4.74. The van der Waals surface area contributed by atoms with Gasteiger partial charge in [-0.15, -0.1) is 11.3 Å². The molecule has 4 nitrogen and oxygen atoms in total. The highest BCUT2D eigenvalue weighted by molar-refractivity contribution is 7.10. The van der Waals surface area contributed by atoms with Gasteiger partial charge in [-0.1, -0.05) is 0 Å². The van der Waals surface area contributed by atoms with Crippen molar-refractivity contribution in [3.8, 4) is 0 Å². The van der Waals surface area contributed by atoms with E-state index in [2.05, 4.69) is 10.6 Å². The molecule has 2 atom stereocenters. The number of carbonyl (C=O) groups excluding carboxylic acids is 1. The quantitative estimate of drug-likeness (QED) is 0.765. The molecule has 0 aromatic carbocycles. The van der Waals surface area contributed by atoms with Crippen LogP contribution in [-0.4, -0.2) is 23.7 Å². The number of hydrogen-bond donors (Lipinski definition) is 3. The smallest absolute Gasteiger partial charge is 0.221 e. The first-order valence-corrected chi connectivity index (χ1v) is 7.26. The minimum Gasteiger partial charge on any atom is -0.393 e. The fourth-order valence-corrected chi connectivity index (χ4v) is 3.20. The van der Waals surface area contributed by atoms with Crippen molar-refractivity contribution in [3.05, 3.63) is 16.3 Å². The van der Waals surface area contributed by atoms with Crippen molar-refractivity contribution in [1.82, 2.24) is 5.32 Å². The van der Waals surface area contributed by atoms with Crippen LogP contribution in [0.1, 0.15) is 31.1 Å². The number of carbonyl (C=O) groups is 1. The molecule has 0 radical (unpaired) electrons. The number of aliphatic hydroxyl groups is 1. The van der Waals surface area contributed by atoms with Crippen LogP contribution in [-0.2, 0) is 11.3 Å². The van der Waals surface area contributed by atoms with Crippen LogP contribution < -0.4 is 10.6 Å². The average Bonchev–Trinajstić information content (AvgIpc) is 2.88. The van der Waals surface area contributed by atoms with Gasteiger partial charge in [-0.25, -0.2) is 0 Å². The molecule has 1 aromatic heterocycles. The molecule has 1 aliphatic carbocycles. The molecule has 100 valence electrons. The van der Waals surface area contributed by atoms with Crippen molar-refractivity contribution in [3.63, 3.8) is 0 Å². The van der Waals surface area contributed by atoms with E-state index in [9.17, 15) is 9.90 Å². The Hall–Kier alpha value is -0.910. The molecule has 1 amide bonds. The first kappa shape index (κ1) is 13.5. The summed E-state index contributed by atoms with van der Waals surface area (Å²) in [6.45, 7) is 3.24. The summed E-state index contributed by atoms with van der Waals surface area (Å²) >= 11 is 1.65. The zero-order valence-corrected chi connectivity index (χ0v) is 11.4. The van der Waals surface area contributed by atoms with E-state index in [0.717, 1.165) is 42.9 Å². The lowest BCUT2D eigenvalue weighted by molar-refractivity contribution is -0.114. The molecule has 0 saturated heterocycles. The van der Waals surface area contributed by atoms with Crippen LogP contribution in [0, 0.1) is 5.92 Å². The summed E-state index contributed by atoms with van der Waals surface area (Å²) in [6.07, 6.45) is 2.85. The standard InChI is InChI=1S/C13H20N2O2S/c1-9(16)15-12-4-5-18-13(12)8-14-7-10-2-3-11(17)6-10/h4-5,10-11,14,17H,2-3,6-8H2,1H3,(H,15,16). The molecular weight excluding hydrogens is 248 g/mol. The Bertz CT molecular complexity index is 405. The molecule has 2 unspecified atom stereocenters. The van der Waals surface area contributed by atoms with Gasteiger partial charge in [0.05, 0.1) is 11.8 Å². The lowest BCUT2D eigenvalue weighted by Gasteiger charge is -2.11. The topological polar surface area (TPSA) is 61.4 Å². The second-order valence-corrected chi connectivity index (χ2v) is 5.90. The zero-order valence-electron chi connectivity index (χ0n) is 10.6. The summed E-state index contributed by atoms with van der Waals surface area (Å²) in [7, 11) is 0. The van der Waals surface area contributed by atoms with Gasteiger partial charge in [0.2, 0.25) is 5.91 Å². The molecule has 3 N–H and O–H groups in total. The summed E-state index contributed by atoms with van der Waals surface area (Å²) < 4.78 is 0. The highest BCUT2D eigenvalue weighted by Crippen LogP contribution is 2.25. The number of thiophene rings is 1. The number of aliphatic hydroxyl groups excluding tert-OH is 1. The lowest BCUT2D eigenvalue weighted by atomic mass is 10.1. The Morgan fingerprint density at radius 2 is 2.39 bits per heavy atom. The van der Waals surface area contributed by atoms with Gasteiger partial charge in [-0.05, 0) is 43.2 Å². The third-order valence-corrected chi connectivity index (χ3v) is 4.21. The Morgan fingerprint density at radius 3 is 3.06 bits per heavy atom. The maximum atomic E-state index is 11.0. The molecule has 1 aromatic rings. The van der Waals surface area contributed by atoms with Gasteiger partial charge < -0.3 is 15.7 Å². The minimum absolute atomic E-state index is 0.0337. The molecule has 18 heavy (non-hydrogen) atoms. The fourth-order valence-electron chi connectivity index (χ4n) is 2.40. The number of hydrogen-bond acceptors (Lipinski definition) is 4. The third-order valence-electron chi connectivity index (χ3n) is 3.29. The Balaban J connectivity index is 1.76. The largest absolute Gasteiger partial charge is 0.393 e. The number of rotatable bonds is 5. The highest BCUT2D eigenvalue weighted by Gasteiger charge is 2.22. The second-order valence-electron chi connectivity index (χ2n) is 4.90. The average molecular weight is 268 g/mol. The van der Waals surface area contributed by atoms with Gasteiger partial charge in [-0.3, -0.25) is 4.79 Å². The van der Waals surface area contributed by atoms with Gasteiger partial charge >= 0.3 is 0 Å². The van der Waals surface area contributed by atoms with Crippen LogP contribution in [0.3, 0.4) is 0 Å². The van der Waals surface area contributed by atoms with E-state index in [1.54, 1.807) is 11.3 Å². The van der Waals surface area contributed by atoms with Gasteiger partial charge in [0.1, 0.15) is 0 Å². The van der Waals surface area contributed by atoms with Gasteiger partial charge in [-0.2, -0.15) is 0 Å². The van der Waals surface area contributed by atoms with E-state index in [1.165, 1.54) is 6.92 Å². The lowest BCUT2D eigenvalue weighted by Crippen LogP contribution is -2.21. The maximum absolute atomic E-state index is 11.0. The van der Waals surface area contributed by atoms with Crippen molar-refractivity contribution in [2.24, 2.45) is 5.92 Å². The normalized spacial score (nSPS) is 23.2. The number of nitrogens with one attached hydrogen (secondary N) is 2. The first-order chi connectivity index (χ1) is 8.65. The maximum Gasteiger partial charge on any atom is 0.221 e. The second kappa shape index (κ2) is 6.31. The van der Waals surface area contributed by atoms with Gasteiger partial charge in [0.15, 0.2) is 0 Å². The predicted octanol–water partition coefficient (Wildman–Crippen LogP) is 1.96. The van der Waals surface area contributed by atoms with Gasteiger partial charge in [0, 0.05) is 18.3 Å². The highest BCUT2D eigenvalue weighted by atomic mass is 32.1. The van der Waals surface area contributed by atoms with Gasteiger partial charge in [0.25, 0.3) is 0 Å². The molecule has 2 rings (SSSR count). The van der Waals surface area contributed by atoms with Crippen molar-refractivity contribution < 1.29 is 9.90 Å². The van der Waals surface area contributed by atoms with Crippen LogP contribution in [0.25, 0.3) is 0 Å². The summed E-state index contributed by atoms with van der Waals surface area (Å²) in [5, 5.41) is 17.7.